The van der Waals surface area contributed by atoms with Crippen molar-refractivity contribution < 1.29 is 19.4 Å². The van der Waals surface area contributed by atoms with Crippen LogP contribution in [0.1, 0.15) is 41.3 Å². The summed E-state index contributed by atoms with van der Waals surface area (Å²) in [5.41, 5.74) is 0.943. The van der Waals surface area contributed by atoms with Gasteiger partial charge in [-0.1, -0.05) is 48.5 Å². The van der Waals surface area contributed by atoms with Gasteiger partial charge in [-0.2, -0.15) is 0 Å². The Morgan fingerprint density at radius 3 is 2.38 bits per heavy atom. The molecule has 0 unspecified atom stereocenters. The normalized spacial score (nSPS) is 17.3. The molecule has 0 fully saturated rings. The molecule has 164 valence electrons. The first-order valence-electron chi connectivity index (χ1n) is 11.0. The van der Waals surface area contributed by atoms with E-state index >= 15 is 0 Å². The minimum atomic E-state index is -1.86. The van der Waals surface area contributed by atoms with Crippen molar-refractivity contribution in [3.8, 4) is 5.75 Å². The number of rotatable bonds is 9. The number of anilines is 1. The van der Waals surface area contributed by atoms with Crippen LogP contribution in [0.2, 0.25) is 0 Å². The molecule has 0 radical (unpaired) electrons. The number of benzene rings is 3. The summed E-state index contributed by atoms with van der Waals surface area (Å²) in [6, 6.07) is 24.1. The molecular weight excluding hydrogens is 402 g/mol. The first-order chi connectivity index (χ1) is 15.5. The van der Waals surface area contributed by atoms with E-state index in [9.17, 15) is 14.7 Å². The molecule has 0 saturated carbocycles. The van der Waals surface area contributed by atoms with Crippen LogP contribution in [0, 0.1) is 0 Å². The van der Waals surface area contributed by atoms with Crippen LogP contribution in [0.25, 0.3) is 0 Å². The molecule has 1 aliphatic heterocycles. The molecule has 1 heterocycles. The molecule has 0 aliphatic carbocycles. The molecule has 0 bridgehead atoms. The van der Waals surface area contributed by atoms with Gasteiger partial charge in [-0.15, -0.1) is 0 Å². The number of fused-ring (bicyclic) bond motifs is 1. The fraction of sp³-hybridized carbons (Fsp3) is 0.259. The van der Waals surface area contributed by atoms with E-state index in [4.69, 9.17) is 4.74 Å². The molecule has 0 spiro atoms. The van der Waals surface area contributed by atoms with E-state index in [-0.39, 0.29) is 12.2 Å². The Morgan fingerprint density at radius 2 is 1.66 bits per heavy atom. The molecular formula is C27H27NO4. The topological polar surface area (TPSA) is 66.8 Å². The van der Waals surface area contributed by atoms with E-state index in [1.54, 1.807) is 41.3 Å². The van der Waals surface area contributed by atoms with Gasteiger partial charge in [0, 0.05) is 17.7 Å². The van der Waals surface area contributed by atoms with Gasteiger partial charge >= 0.3 is 0 Å². The lowest BCUT2D eigenvalue weighted by Crippen LogP contribution is -2.42. The molecule has 4 rings (SSSR count). The van der Waals surface area contributed by atoms with Crippen molar-refractivity contribution >= 4 is 17.4 Å². The number of amides is 1. The average Bonchev–Trinajstić information content (AvgIpc) is 3.02. The first-order valence-corrected chi connectivity index (χ1v) is 11.0. The van der Waals surface area contributed by atoms with E-state index in [1.807, 2.05) is 37.3 Å². The molecule has 5 nitrogen and oxygen atoms in total. The number of nitrogens with zero attached hydrogens (tertiary/aromatic N) is 1. The van der Waals surface area contributed by atoms with Gasteiger partial charge in [0.25, 0.3) is 5.91 Å². The highest BCUT2D eigenvalue weighted by atomic mass is 16.5. The number of ketones is 1. The van der Waals surface area contributed by atoms with Crippen LogP contribution in [0.15, 0.2) is 78.9 Å². The quantitative estimate of drug-likeness (QED) is 0.508. The van der Waals surface area contributed by atoms with E-state index in [0.29, 0.717) is 35.7 Å². The van der Waals surface area contributed by atoms with Gasteiger partial charge in [-0.05, 0) is 55.7 Å². The SMILES string of the molecule is CCOc1ccc(C(=O)C[C@@]2(O)C(=O)N(CCCc3ccccc3)c3ccccc32)cc1. The van der Waals surface area contributed by atoms with E-state index < -0.39 is 11.5 Å². The Bertz CT molecular complexity index is 1090. The lowest BCUT2D eigenvalue weighted by Gasteiger charge is -2.23. The van der Waals surface area contributed by atoms with Crippen molar-refractivity contribution in [3.63, 3.8) is 0 Å². The van der Waals surface area contributed by atoms with Gasteiger partial charge < -0.3 is 14.7 Å². The van der Waals surface area contributed by atoms with Crippen LogP contribution in [0.5, 0.6) is 5.75 Å². The summed E-state index contributed by atoms with van der Waals surface area (Å²) < 4.78 is 5.42. The highest BCUT2D eigenvalue weighted by molar-refractivity contribution is 6.10. The van der Waals surface area contributed by atoms with Crippen LogP contribution in [0.4, 0.5) is 5.69 Å². The summed E-state index contributed by atoms with van der Waals surface area (Å²) in [5.74, 6) is -0.0504. The minimum absolute atomic E-state index is 0.287. The fourth-order valence-electron chi connectivity index (χ4n) is 4.22. The monoisotopic (exact) mass is 429 g/mol. The summed E-state index contributed by atoms with van der Waals surface area (Å²) in [6.45, 7) is 2.91. The minimum Gasteiger partial charge on any atom is -0.494 e. The second-order valence-electron chi connectivity index (χ2n) is 7.98. The van der Waals surface area contributed by atoms with Crippen LogP contribution in [-0.2, 0) is 16.8 Å². The van der Waals surface area contributed by atoms with E-state index in [0.717, 1.165) is 12.8 Å². The zero-order chi connectivity index (χ0) is 22.6. The number of para-hydroxylation sites is 1. The smallest absolute Gasteiger partial charge is 0.264 e. The maximum atomic E-state index is 13.3. The number of aryl methyl sites for hydroxylation is 1. The second kappa shape index (κ2) is 9.37. The number of carbonyl (C=O) groups excluding carboxylic acids is 2. The molecule has 3 aromatic carbocycles. The van der Waals surface area contributed by atoms with Gasteiger partial charge in [0.05, 0.1) is 18.7 Å². The predicted octanol–water partition coefficient (Wildman–Crippen LogP) is 4.53. The number of aliphatic hydroxyl groups is 1. The Kier molecular flexibility index (Phi) is 6.37. The van der Waals surface area contributed by atoms with Crippen molar-refractivity contribution in [2.45, 2.75) is 31.8 Å². The van der Waals surface area contributed by atoms with Crippen LogP contribution in [-0.4, -0.2) is 29.9 Å². The molecule has 0 aromatic heterocycles. The van der Waals surface area contributed by atoms with E-state index in [1.165, 1.54) is 5.56 Å². The maximum Gasteiger partial charge on any atom is 0.264 e. The van der Waals surface area contributed by atoms with Crippen LogP contribution >= 0.6 is 0 Å². The highest BCUT2D eigenvalue weighted by Crippen LogP contribution is 2.43. The molecule has 1 amide bonds. The third kappa shape index (κ3) is 4.30. The van der Waals surface area contributed by atoms with Crippen molar-refractivity contribution in [2.24, 2.45) is 0 Å². The maximum absolute atomic E-state index is 13.3. The summed E-state index contributed by atoms with van der Waals surface area (Å²) in [7, 11) is 0. The second-order valence-corrected chi connectivity index (χ2v) is 7.98. The highest BCUT2D eigenvalue weighted by Gasteiger charge is 2.50. The van der Waals surface area contributed by atoms with Crippen molar-refractivity contribution in [1.29, 1.82) is 0 Å². The summed E-state index contributed by atoms with van der Waals surface area (Å²) in [4.78, 5) is 27.9. The predicted molar refractivity (Wildman–Crippen MR) is 124 cm³/mol. The van der Waals surface area contributed by atoms with Gasteiger partial charge in [0.2, 0.25) is 0 Å². The number of ether oxygens (including phenoxy) is 1. The molecule has 0 saturated heterocycles. The van der Waals surface area contributed by atoms with Gasteiger partial charge in [0.15, 0.2) is 11.4 Å². The lowest BCUT2D eigenvalue weighted by atomic mass is 9.88. The van der Waals surface area contributed by atoms with Gasteiger partial charge in [-0.3, -0.25) is 9.59 Å². The molecule has 3 aromatic rings. The fourth-order valence-corrected chi connectivity index (χ4v) is 4.22. The molecule has 32 heavy (non-hydrogen) atoms. The number of hydrogen-bond acceptors (Lipinski definition) is 4. The molecule has 5 heteroatoms. The van der Waals surface area contributed by atoms with Crippen LogP contribution < -0.4 is 9.64 Å². The number of hydrogen-bond donors (Lipinski definition) is 1. The number of Topliss-reactive ketones (excluding diaryl/α,β-unsaturated/α-hetero) is 1. The Balaban J connectivity index is 1.51. The Labute approximate surface area is 188 Å². The first kappa shape index (κ1) is 21.8. The summed E-state index contributed by atoms with van der Waals surface area (Å²) >= 11 is 0. The average molecular weight is 430 g/mol. The molecule has 1 aliphatic rings. The number of carbonyl (C=O) groups is 2. The van der Waals surface area contributed by atoms with E-state index in [2.05, 4.69) is 12.1 Å². The molecule has 1 atom stereocenters. The zero-order valence-corrected chi connectivity index (χ0v) is 18.2. The standard InChI is InChI=1S/C27H27NO4/c1-2-32-22-16-14-21(15-17-22)25(29)19-27(31)23-12-6-7-13-24(23)28(26(27)30)18-8-11-20-9-4-3-5-10-20/h3-7,9-10,12-17,31H,2,8,11,18-19H2,1H3/t27-/m0/s1. The Morgan fingerprint density at radius 1 is 0.969 bits per heavy atom. The lowest BCUT2D eigenvalue weighted by molar-refractivity contribution is -0.135. The molecule has 1 N–H and O–H groups in total. The van der Waals surface area contributed by atoms with Crippen molar-refractivity contribution in [2.75, 3.05) is 18.1 Å². The summed E-state index contributed by atoms with van der Waals surface area (Å²) in [5, 5.41) is 11.4. The Hall–Kier alpha value is -3.44. The van der Waals surface area contributed by atoms with Crippen molar-refractivity contribution in [3.05, 3.63) is 95.6 Å². The largest absolute Gasteiger partial charge is 0.494 e. The third-order valence-corrected chi connectivity index (χ3v) is 5.83. The van der Waals surface area contributed by atoms with Gasteiger partial charge in [-0.25, -0.2) is 0 Å². The third-order valence-electron chi connectivity index (χ3n) is 5.83. The van der Waals surface area contributed by atoms with Gasteiger partial charge in [0.1, 0.15) is 5.75 Å². The summed E-state index contributed by atoms with van der Waals surface area (Å²) in [6.07, 6.45) is 1.29. The van der Waals surface area contributed by atoms with Crippen molar-refractivity contribution in [1.82, 2.24) is 0 Å². The zero-order valence-electron chi connectivity index (χ0n) is 18.2. The van der Waals surface area contributed by atoms with Crippen LogP contribution in [0.3, 0.4) is 0 Å².